The lowest BCUT2D eigenvalue weighted by molar-refractivity contribution is -0.121. The third kappa shape index (κ3) is 4.60. The van der Waals surface area contributed by atoms with Crippen molar-refractivity contribution in [3.63, 3.8) is 0 Å². The Labute approximate surface area is 99.6 Å². The third-order valence-corrected chi connectivity index (χ3v) is 2.18. The molecule has 0 aliphatic heterocycles. The van der Waals surface area contributed by atoms with E-state index >= 15 is 0 Å². The number of carbonyl (C=O) groups excluding carboxylic acids is 2. The van der Waals surface area contributed by atoms with E-state index in [0.29, 0.717) is 6.54 Å². The number of nitrogens with one attached hydrogen (secondary N) is 2. The van der Waals surface area contributed by atoms with E-state index in [-0.39, 0.29) is 0 Å². The number of nitrogens with two attached hydrogens (primary N) is 1. The summed E-state index contributed by atoms with van der Waals surface area (Å²) >= 11 is 0. The predicted molar refractivity (Wildman–Crippen MR) is 63.0 cm³/mol. The normalized spacial score (nSPS) is 11.9. The Morgan fingerprint density at radius 3 is 2.76 bits per heavy atom. The van der Waals surface area contributed by atoms with E-state index in [1.54, 1.807) is 6.92 Å². The Morgan fingerprint density at radius 2 is 2.18 bits per heavy atom. The van der Waals surface area contributed by atoms with Crippen molar-refractivity contribution in [3.8, 4) is 0 Å². The van der Waals surface area contributed by atoms with E-state index in [9.17, 15) is 9.59 Å². The summed E-state index contributed by atoms with van der Waals surface area (Å²) in [7, 11) is 0. The highest BCUT2D eigenvalue weighted by atomic mass is 16.2. The van der Waals surface area contributed by atoms with Crippen LogP contribution >= 0.6 is 0 Å². The molecule has 0 radical (unpaired) electrons. The molecule has 3 amide bonds. The maximum absolute atomic E-state index is 11.3. The second-order valence-electron chi connectivity index (χ2n) is 3.73. The van der Waals surface area contributed by atoms with Crippen molar-refractivity contribution >= 4 is 11.9 Å². The number of carbonyl (C=O) groups is 2. The molecule has 0 saturated heterocycles. The van der Waals surface area contributed by atoms with Gasteiger partial charge >= 0.3 is 6.03 Å². The van der Waals surface area contributed by atoms with Gasteiger partial charge in [-0.15, -0.1) is 0 Å². The van der Waals surface area contributed by atoms with Gasteiger partial charge in [0.05, 0.1) is 11.7 Å². The fourth-order valence-electron chi connectivity index (χ4n) is 1.28. The van der Waals surface area contributed by atoms with Crippen LogP contribution in [-0.2, 0) is 11.3 Å². The quantitative estimate of drug-likeness (QED) is 0.688. The zero-order valence-electron chi connectivity index (χ0n) is 9.86. The molecule has 6 heteroatoms. The standard InChI is InChI=1S/C11H16N4O2/c1-7-4-3-5-9(14-7)6-13-8(2)10(16)15-11(12)17/h3-5,8,13H,6H2,1-2H3,(H3,12,15,16,17). The van der Waals surface area contributed by atoms with Gasteiger partial charge in [0.25, 0.3) is 0 Å². The van der Waals surface area contributed by atoms with Crippen molar-refractivity contribution in [1.82, 2.24) is 15.6 Å². The maximum atomic E-state index is 11.3. The molecule has 1 heterocycles. The third-order valence-electron chi connectivity index (χ3n) is 2.18. The Kier molecular flexibility index (Phi) is 4.59. The molecule has 92 valence electrons. The number of hydrogen-bond donors (Lipinski definition) is 3. The molecule has 1 unspecified atom stereocenters. The summed E-state index contributed by atoms with van der Waals surface area (Å²) in [5, 5.41) is 4.96. The number of nitrogens with zero attached hydrogens (tertiary/aromatic N) is 1. The van der Waals surface area contributed by atoms with Crippen LogP contribution in [0.3, 0.4) is 0 Å². The summed E-state index contributed by atoms with van der Waals surface area (Å²) in [5.74, 6) is -0.454. The van der Waals surface area contributed by atoms with Gasteiger partial charge < -0.3 is 11.1 Å². The van der Waals surface area contributed by atoms with Gasteiger partial charge in [0.15, 0.2) is 0 Å². The van der Waals surface area contributed by atoms with Crippen LogP contribution in [0.1, 0.15) is 18.3 Å². The Balaban J connectivity index is 2.45. The molecule has 6 nitrogen and oxygen atoms in total. The number of hydrogen-bond acceptors (Lipinski definition) is 4. The molecule has 0 spiro atoms. The van der Waals surface area contributed by atoms with Crippen molar-refractivity contribution in [2.75, 3.05) is 0 Å². The molecule has 0 fully saturated rings. The minimum Gasteiger partial charge on any atom is -0.351 e. The average Bonchev–Trinajstić information content (AvgIpc) is 2.25. The molecule has 0 aromatic carbocycles. The summed E-state index contributed by atoms with van der Waals surface area (Å²) in [6.07, 6.45) is 0. The molecule has 4 N–H and O–H groups in total. The monoisotopic (exact) mass is 236 g/mol. The van der Waals surface area contributed by atoms with Crippen LogP contribution in [0.4, 0.5) is 4.79 Å². The van der Waals surface area contributed by atoms with Gasteiger partial charge in [-0.2, -0.15) is 0 Å². The average molecular weight is 236 g/mol. The molecule has 17 heavy (non-hydrogen) atoms. The van der Waals surface area contributed by atoms with Crippen molar-refractivity contribution in [1.29, 1.82) is 0 Å². The van der Waals surface area contributed by atoms with Gasteiger partial charge in [-0.3, -0.25) is 15.1 Å². The zero-order chi connectivity index (χ0) is 12.8. The summed E-state index contributed by atoms with van der Waals surface area (Å²) in [5.41, 5.74) is 6.60. The first kappa shape index (κ1) is 13.1. The van der Waals surface area contributed by atoms with E-state index in [0.717, 1.165) is 11.4 Å². The fourth-order valence-corrected chi connectivity index (χ4v) is 1.28. The Morgan fingerprint density at radius 1 is 1.47 bits per heavy atom. The van der Waals surface area contributed by atoms with Gasteiger partial charge in [-0.05, 0) is 26.0 Å². The number of aryl methyl sites for hydroxylation is 1. The summed E-state index contributed by atoms with van der Waals surface area (Å²) < 4.78 is 0. The van der Waals surface area contributed by atoms with Crippen LogP contribution in [-0.4, -0.2) is 23.0 Å². The SMILES string of the molecule is Cc1cccc(CNC(C)C(=O)NC(N)=O)n1. The fraction of sp³-hybridized carbons (Fsp3) is 0.364. The second kappa shape index (κ2) is 5.95. The lowest BCUT2D eigenvalue weighted by Gasteiger charge is -2.12. The van der Waals surface area contributed by atoms with Crippen molar-refractivity contribution in [3.05, 3.63) is 29.6 Å². The number of aromatic nitrogens is 1. The van der Waals surface area contributed by atoms with E-state index in [1.807, 2.05) is 30.4 Å². The lowest BCUT2D eigenvalue weighted by atomic mass is 10.2. The summed E-state index contributed by atoms with van der Waals surface area (Å²) in [6.45, 7) is 4.00. The minimum absolute atomic E-state index is 0.453. The summed E-state index contributed by atoms with van der Waals surface area (Å²) in [4.78, 5) is 26.1. The molecule has 0 saturated carbocycles. The van der Waals surface area contributed by atoms with Crippen LogP contribution in [0.15, 0.2) is 18.2 Å². The number of amides is 3. The highest BCUT2D eigenvalue weighted by Crippen LogP contribution is 1.98. The second-order valence-corrected chi connectivity index (χ2v) is 3.73. The van der Waals surface area contributed by atoms with E-state index in [4.69, 9.17) is 5.73 Å². The van der Waals surface area contributed by atoms with Gasteiger partial charge in [-0.1, -0.05) is 6.07 Å². The Bertz CT molecular complexity index is 420. The molecule has 0 aliphatic carbocycles. The van der Waals surface area contributed by atoms with E-state index in [2.05, 4.69) is 10.3 Å². The van der Waals surface area contributed by atoms with Crippen LogP contribution < -0.4 is 16.4 Å². The van der Waals surface area contributed by atoms with Crippen molar-refractivity contribution in [2.45, 2.75) is 26.4 Å². The molecular formula is C11H16N4O2. The zero-order valence-corrected chi connectivity index (χ0v) is 9.86. The van der Waals surface area contributed by atoms with Gasteiger partial charge in [-0.25, -0.2) is 4.79 Å². The molecule has 1 rings (SSSR count). The number of pyridine rings is 1. The Hall–Kier alpha value is -1.95. The lowest BCUT2D eigenvalue weighted by Crippen LogP contribution is -2.46. The van der Waals surface area contributed by atoms with Gasteiger partial charge in [0, 0.05) is 12.2 Å². The van der Waals surface area contributed by atoms with Crippen LogP contribution in [0.5, 0.6) is 0 Å². The number of urea groups is 1. The van der Waals surface area contributed by atoms with Crippen molar-refractivity contribution in [2.24, 2.45) is 5.73 Å². The first-order chi connectivity index (χ1) is 7.99. The first-order valence-electron chi connectivity index (χ1n) is 5.25. The smallest absolute Gasteiger partial charge is 0.318 e. The van der Waals surface area contributed by atoms with E-state index < -0.39 is 18.0 Å². The number of imide groups is 1. The molecule has 1 aromatic rings. The largest absolute Gasteiger partial charge is 0.351 e. The van der Waals surface area contributed by atoms with Crippen molar-refractivity contribution < 1.29 is 9.59 Å². The number of primary amides is 1. The van der Waals surface area contributed by atoms with Gasteiger partial charge in [0.2, 0.25) is 5.91 Å². The van der Waals surface area contributed by atoms with Crippen LogP contribution in [0.25, 0.3) is 0 Å². The topological polar surface area (TPSA) is 97.1 Å². The summed E-state index contributed by atoms with van der Waals surface area (Å²) in [6, 6.07) is 4.29. The van der Waals surface area contributed by atoms with Crippen LogP contribution in [0, 0.1) is 6.92 Å². The molecular weight excluding hydrogens is 220 g/mol. The highest BCUT2D eigenvalue weighted by molar-refractivity contribution is 5.96. The number of rotatable bonds is 4. The molecule has 0 bridgehead atoms. The molecule has 0 aliphatic rings. The van der Waals surface area contributed by atoms with Gasteiger partial charge in [0.1, 0.15) is 0 Å². The predicted octanol–water partition coefficient (Wildman–Crippen LogP) is 0.0630. The van der Waals surface area contributed by atoms with Crippen LogP contribution in [0.2, 0.25) is 0 Å². The maximum Gasteiger partial charge on any atom is 0.318 e. The molecule has 1 aromatic heterocycles. The molecule has 1 atom stereocenters. The van der Waals surface area contributed by atoms with E-state index in [1.165, 1.54) is 0 Å². The first-order valence-corrected chi connectivity index (χ1v) is 5.25. The highest BCUT2D eigenvalue weighted by Gasteiger charge is 2.13. The minimum atomic E-state index is -0.850.